The monoisotopic (exact) mass is 379 g/mol. The molecule has 7 nitrogen and oxygen atoms in total. The van der Waals surface area contributed by atoms with E-state index >= 15 is 0 Å². The van der Waals surface area contributed by atoms with Gasteiger partial charge < -0.3 is 29.9 Å². The topological polar surface area (TPSA) is 67.3 Å². The van der Waals surface area contributed by atoms with E-state index in [0.717, 1.165) is 49.8 Å². The number of amides is 1. The molecule has 0 atom stereocenters. The van der Waals surface area contributed by atoms with E-state index in [2.05, 4.69) is 29.6 Å². The summed E-state index contributed by atoms with van der Waals surface area (Å²) in [6.45, 7) is 3.73. The molecule has 142 valence electrons. The number of benzene rings is 1. The highest BCUT2D eigenvalue weighted by Gasteiger charge is 2.26. The number of likely N-dealkylation sites (tertiary alicyclic amines) is 1. The van der Waals surface area contributed by atoms with E-state index in [0.29, 0.717) is 11.5 Å². The third-order valence-corrected chi connectivity index (χ3v) is 5.10. The van der Waals surface area contributed by atoms with Crippen molar-refractivity contribution in [2.24, 2.45) is 5.92 Å². The highest BCUT2D eigenvalue weighted by atomic mass is 32.1. The number of anilines is 1. The lowest BCUT2D eigenvalue weighted by Crippen LogP contribution is -3.06. The summed E-state index contributed by atoms with van der Waals surface area (Å²) in [6, 6.07) is 5.47. The smallest absolute Gasteiger partial charge is 0.231 e. The molecule has 0 radical (unpaired) electrons. The Bertz CT molecular complexity index is 660. The van der Waals surface area contributed by atoms with Crippen molar-refractivity contribution >= 4 is 28.9 Å². The molecule has 1 fully saturated rings. The second-order valence-corrected chi connectivity index (χ2v) is 7.39. The molecule has 0 spiro atoms. The molecule has 3 rings (SSSR count). The van der Waals surface area contributed by atoms with E-state index in [1.807, 2.05) is 12.1 Å². The maximum atomic E-state index is 12.5. The van der Waals surface area contributed by atoms with Gasteiger partial charge in [-0.1, -0.05) is 0 Å². The summed E-state index contributed by atoms with van der Waals surface area (Å²) in [6.07, 6.45) is 1.61. The Labute approximate surface area is 159 Å². The Kier molecular flexibility index (Phi) is 6.16. The fraction of sp³-hybridized carbons (Fsp3) is 0.556. The summed E-state index contributed by atoms with van der Waals surface area (Å²) in [5.74, 6) is 1.45. The molecule has 1 aromatic carbocycles. The molecule has 1 aromatic rings. The molecule has 2 aliphatic heterocycles. The molecular formula is C18H27N4O3S+. The van der Waals surface area contributed by atoms with Crippen LogP contribution in [0.25, 0.3) is 0 Å². The molecule has 1 amide bonds. The maximum absolute atomic E-state index is 12.5. The van der Waals surface area contributed by atoms with Crippen molar-refractivity contribution in [2.75, 3.05) is 52.4 Å². The number of likely N-dealkylation sites (N-methyl/N-ethyl adjacent to an activating group) is 1. The van der Waals surface area contributed by atoms with Crippen molar-refractivity contribution in [1.29, 1.82) is 0 Å². The zero-order chi connectivity index (χ0) is 18.5. The summed E-state index contributed by atoms with van der Waals surface area (Å²) in [5, 5.41) is 7.08. The van der Waals surface area contributed by atoms with Crippen molar-refractivity contribution < 1.29 is 19.2 Å². The van der Waals surface area contributed by atoms with Gasteiger partial charge in [0.25, 0.3) is 0 Å². The van der Waals surface area contributed by atoms with Gasteiger partial charge in [0.2, 0.25) is 12.7 Å². The van der Waals surface area contributed by atoms with Gasteiger partial charge in [-0.25, -0.2) is 0 Å². The third-order valence-electron chi connectivity index (χ3n) is 4.69. The molecule has 3 N–H and O–H groups in total. The average Bonchev–Trinajstić information content (AvgIpc) is 3.09. The SMILES string of the molecule is C[NH+](C)CCNC(=S)N1CCC(C(=O)Nc2ccc3c(c2)OCO3)CC1. The van der Waals surface area contributed by atoms with Crippen LogP contribution in [0.1, 0.15) is 12.8 Å². The maximum Gasteiger partial charge on any atom is 0.231 e. The van der Waals surface area contributed by atoms with Crippen LogP contribution in [0, 0.1) is 5.92 Å². The lowest BCUT2D eigenvalue weighted by atomic mass is 9.96. The van der Waals surface area contributed by atoms with Gasteiger partial charge in [0, 0.05) is 30.8 Å². The molecule has 8 heteroatoms. The van der Waals surface area contributed by atoms with Gasteiger partial charge in [0.05, 0.1) is 27.2 Å². The van der Waals surface area contributed by atoms with Crippen LogP contribution in [0.15, 0.2) is 18.2 Å². The minimum atomic E-state index is 0.00527. The number of carbonyl (C=O) groups is 1. The fourth-order valence-corrected chi connectivity index (χ4v) is 3.38. The molecule has 2 heterocycles. The fourth-order valence-electron chi connectivity index (χ4n) is 3.09. The van der Waals surface area contributed by atoms with Crippen LogP contribution in [0.4, 0.5) is 5.69 Å². The van der Waals surface area contributed by atoms with Gasteiger partial charge in [-0.15, -0.1) is 0 Å². The van der Waals surface area contributed by atoms with E-state index in [4.69, 9.17) is 21.7 Å². The molecule has 0 aromatic heterocycles. The number of nitrogens with one attached hydrogen (secondary N) is 3. The largest absolute Gasteiger partial charge is 0.454 e. The van der Waals surface area contributed by atoms with Crippen LogP contribution < -0.4 is 25.0 Å². The van der Waals surface area contributed by atoms with Crippen LogP contribution >= 0.6 is 12.2 Å². The number of hydrogen-bond donors (Lipinski definition) is 3. The van der Waals surface area contributed by atoms with Crippen molar-refractivity contribution in [1.82, 2.24) is 10.2 Å². The molecule has 0 saturated carbocycles. The van der Waals surface area contributed by atoms with Gasteiger partial charge in [0.15, 0.2) is 16.6 Å². The van der Waals surface area contributed by atoms with Crippen molar-refractivity contribution in [3.8, 4) is 11.5 Å². The normalized spacial score (nSPS) is 16.7. The summed E-state index contributed by atoms with van der Waals surface area (Å²) in [5.41, 5.74) is 0.741. The number of thiocarbonyl (C=S) groups is 1. The van der Waals surface area contributed by atoms with E-state index in [1.54, 1.807) is 6.07 Å². The summed E-state index contributed by atoms with van der Waals surface area (Å²) < 4.78 is 10.6. The molecule has 1 saturated heterocycles. The molecule has 0 aliphatic carbocycles. The first-order valence-electron chi connectivity index (χ1n) is 9.05. The standard InChI is InChI=1S/C18H26N4O3S/c1-21(2)10-7-19-18(26)22-8-5-13(6-9-22)17(23)20-14-3-4-15-16(11-14)25-12-24-15/h3-4,11,13H,5-10,12H2,1-2H3,(H,19,26)(H,20,23)/p+1. The van der Waals surface area contributed by atoms with Gasteiger partial charge in [-0.05, 0) is 37.2 Å². The predicted octanol–water partition coefficient (Wildman–Crippen LogP) is 0.0848. The number of ether oxygens (including phenoxy) is 2. The molecule has 0 bridgehead atoms. The number of carbonyl (C=O) groups excluding carboxylic acids is 1. The lowest BCUT2D eigenvalue weighted by Gasteiger charge is -2.33. The van der Waals surface area contributed by atoms with Gasteiger partial charge >= 0.3 is 0 Å². The number of nitrogens with zero attached hydrogens (tertiary/aromatic N) is 1. The van der Waals surface area contributed by atoms with E-state index in [9.17, 15) is 4.79 Å². The first kappa shape index (κ1) is 18.7. The Balaban J connectivity index is 1.44. The predicted molar refractivity (Wildman–Crippen MR) is 104 cm³/mol. The van der Waals surface area contributed by atoms with Crippen LogP contribution in [-0.4, -0.2) is 63.0 Å². The van der Waals surface area contributed by atoms with Gasteiger partial charge in [0.1, 0.15) is 0 Å². The van der Waals surface area contributed by atoms with Crippen LogP contribution in [0.5, 0.6) is 11.5 Å². The van der Waals surface area contributed by atoms with Gasteiger partial charge in [-0.2, -0.15) is 0 Å². The first-order valence-corrected chi connectivity index (χ1v) is 9.46. The number of rotatable bonds is 5. The Morgan fingerprint density at radius 2 is 2.00 bits per heavy atom. The van der Waals surface area contributed by atoms with E-state index in [1.165, 1.54) is 4.90 Å². The third kappa shape index (κ3) is 4.76. The Morgan fingerprint density at radius 1 is 1.27 bits per heavy atom. The zero-order valence-corrected chi connectivity index (χ0v) is 16.2. The van der Waals surface area contributed by atoms with E-state index in [-0.39, 0.29) is 18.6 Å². The first-order chi connectivity index (χ1) is 12.5. The zero-order valence-electron chi connectivity index (χ0n) is 15.3. The summed E-state index contributed by atoms with van der Waals surface area (Å²) in [7, 11) is 4.24. The van der Waals surface area contributed by atoms with Crippen LogP contribution in [0.3, 0.4) is 0 Å². The summed E-state index contributed by atoms with van der Waals surface area (Å²) >= 11 is 5.46. The lowest BCUT2D eigenvalue weighted by molar-refractivity contribution is -0.856. The quantitative estimate of drug-likeness (QED) is 0.630. The number of quaternary nitrogens is 1. The van der Waals surface area contributed by atoms with Crippen molar-refractivity contribution in [3.63, 3.8) is 0 Å². The van der Waals surface area contributed by atoms with Crippen LogP contribution in [-0.2, 0) is 4.79 Å². The van der Waals surface area contributed by atoms with E-state index < -0.39 is 0 Å². The number of fused-ring (bicyclic) bond motifs is 1. The highest BCUT2D eigenvalue weighted by molar-refractivity contribution is 7.80. The van der Waals surface area contributed by atoms with Crippen LogP contribution in [0.2, 0.25) is 0 Å². The molecule has 0 unspecified atom stereocenters. The second kappa shape index (κ2) is 8.55. The minimum Gasteiger partial charge on any atom is -0.454 e. The summed E-state index contributed by atoms with van der Waals surface area (Å²) in [4.78, 5) is 16.1. The number of piperidine rings is 1. The highest BCUT2D eigenvalue weighted by Crippen LogP contribution is 2.34. The van der Waals surface area contributed by atoms with Gasteiger partial charge in [-0.3, -0.25) is 4.79 Å². The molecule has 2 aliphatic rings. The molecular weight excluding hydrogens is 352 g/mol. The van der Waals surface area contributed by atoms with Crippen molar-refractivity contribution in [2.45, 2.75) is 12.8 Å². The Hall–Kier alpha value is -2.06. The molecule has 26 heavy (non-hydrogen) atoms. The average molecular weight is 380 g/mol. The minimum absolute atomic E-state index is 0.00527. The Morgan fingerprint density at radius 3 is 2.73 bits per heavy atom. The van der Waals surface area contributed by atoms with Crippen molar-refractivity contribution in [3.05, 3.63) is 18.2 Å². The second-order valence-electron chi connectivity index (χ2n) is 7.01. The number of hydrogen-bond acceptors (Lipinski definition) is 4.